The lowest BCUT2D eigenvalue weighted by Crippen LogP contribution is -2.18. The summed E-state index contributed by atoms with van der Waals surface area (Å²) in [6.45, 7) is 8.12. The maximum atomic E-state index is 12.3. The highest BCUT2D eigenvalue weighted by molar-refractivity contribution is 5.96. The normalized spacial score (nSPS) is 20.0. The lowest BCUT2D eigenvalue weighted by molar-refractivity contribution is 0.0274. The Balaban J connectivity index is 0.829. The monoisotopic (exact) mass is 630 g/mol. The van der Waals surface area contributed by atoms with Gasteiger partial charge in [0.15, 0.2) is 0 Å². The molecule has 10 nitrogen and oxygen atoms in total. The Morgan fingerprint density at radius 1 is 0.565 bits per heavy atom. The van der Waals surface area contributed by atoms with Gasteiger partial charge in [0.2, 0.25) is 0 Å². The van der Waals surface area contributed by atoms with Crippen LogP contribution in [0.3, 0.4) is 0 Å². The second kappa shape index (κ2) is 14.0. The summed E-state index contributed by atoms with van der Waals surface area (Å²) in [4.78, 5) is 24.7. The first-order chi connectivity index (χ1) is 22.3. The van der Waals surface area contributed by atoms with Crippen LogP contribution in [0.1, 0.15) is 34.6 Å². The number of esters is 2. The number of benzene rings is 4. The highest BCUT2D eigenvalue weighted by atomic mass is 16.6. The molecule has 0 aliphatic carbocycles. The minimum atomic E-state index is -0.357. The topological polar surface area (TPSA) is 115 Å². The minimum Gasteiger partial charge on any atom is -0.491 e. The van der Waals surface area contributed by atoms with E-state index in [9.17, 15) is 9.59 Å². The summed E-state index contributed by atoms with van der Waals surface area (Å²) in [5, 5.41) is 3.79. The Labute approximate surface area is 267 Å². The molecule has 2 aliphatic heterocycles. The molecule has 0 radical (unpaired) electrons. The first-order valence-corrected chi connectivity index (χ1v) is 15.4. The van der Waals surface area contributed by atoms with Gasteiger partial charge in [-0.05, 0) is 83.9 Å². The fraction of sp³-hybridized carbons (Fsp3) is 0.389. The van der Waals surface area contributed by atoms with E-state index in [1.165, 1.54) is 0 Å². The number of hydrogen-bond acceptors (Lipinski definition) is 10. The Hall–Kier alpha value is -4.22. The summed E-state index contributed by atoms with van der Waals surface area (Å²) in [6, 6.07) is 22.4. The Kier molecular flexibility index (Phi) is 9.70. The fourth-order valence-corrected chi connectivity index (χ4v) is 4.66. The third-order valence-electron chi connectivity index (χ3n) is 7.75. The lowest BCUT2D eigenvalue weighted by Gasteiger charge is -2.11. The molecule has 0 bridgehead atoms. The van der Waals surface area contributed by atoms with E-state index in [0.29, 0.717) is 64.0 Å². The summed E-state index contributed by atoms with van der Waals surface area (Å²) in [5.74, 6) is 0.737. The zero-order valence-electron chi connectivity index (χ0n) is 26.1. The van der Waals surface area contributed by atoms with Crippen LogP contribution in [-0.2, 0) is 28.4 Å². The zero-order chi connectivity index (χ0) is 32.0. The average Bonchev–Trinajstić information content (AvgIpc) is 4.00. The predicted octanol–water partition coefficient (Wildman–Crippen LogP) is 5.38. The van der Waals surface area contributed by atoms with Gasteiger partial charge in [-0.1, -0.05) is 24.3 Å². The van der Waals surface area contributed by atoms with Gasteiger partial charge in [0, 0.05) is 0 Å². The Morgan fingerprint density at radius 2 is 0.935 bits per heavy atom. The molecule has 4 aromatic rings. The quantitative estimate of drug-likeness (QED) is 0.0856. The predicted molar refractivity (Wildman–Crippen MR) is 170 cm³/mol. The number of rotatable bonds is 17. The van der Waals surface area contributed by atoms with E-state index in [4.69, 9.17) is 37.9 Å². The number of fused-ring (bicyclic) bond motifs is 2. The van der Waals surface area contributed by atoms with E-state index in [-0.39, 0.29) is 36.4 Å². The third-order valence-corrected chi connectivity index (χ3v) is 7.75. The number of epoxide rings is 2. The van der Waals surface area contributed by atoms with Crippen molar-refractivity contribution in [3.8, 4) is 11.5 Å². The second-order valence-electron chi connectivity index (χ2n) is 12.0. The van der Waals surface area contributed by atoms with Gasteiger partial charge >= 0.3 is 11.9 Å². The number of hydrogen-bond donors (Lipinski definition) is 0. The minimum absolute atomic E-state index is 0.257. The first kappa shape index (κ1) is 31.7. The molecule has 0 amide bonds. The molecule has 2 aliphatic rings. The second-order valence-corrected chi connectivity index (χ2v) is 12.0. The molecule has 242 valence electrons. The van der Waals surface area contributed by atoms with Crippen molar-refractivity contribution in [1.82, 2.24) is 0 Å². The van der Waals surface area contributed by atoms with Gasteiger partial charge in [0.1, 0.15) is 49.1 Å². The number of carbonyl (C=O) groups excluding carboxylic acids is 2. The molecule has 2 unspecified atom stereocenters. The van der Waals surface area contributed by atoms with Crippen LogP contribution in [0.15, 0.2) is 72.8 Å². The Bertz CT molecular complexity index is 1570. The standard InChI is InChI=1S/C36H38O10/c1-35(23-45-35)21-43-33(37)29-5-3-27-19-31(9-7-25(27)17-29)41-15-13-39-11-12-40-14-16-42-32-10-8-26-18-30(6-4-28(26)20-32)34(38)44-22-36(2)24-46-36/h3-10,17-20H,11-16,21-24H2,1-2H3. The van der Waals surface area contributed by atoms with Crippen molar-refractivity contribution in [2.45, 2.75) is 25.0 Å². The molecule has 0 aromatic heterocycles. The smallest absolute Gasteiger partial charge is 0.338 e. The van der Waals surface area contributed by atoms with E-state index in [2.05, 4.69) is 0 Å². The molecule has 2 fully saturated rings. The van der Waals surface area contributed by atoms with Gasteiger partial charge in [0.05, 0.1) is 50.8 Å². The van der Waals surface area contributed by atoms with Gasteiger partial charge in [-0.2, -0.15) is 0 Å². The van der Waals surface area contributed by atoms with Crippen molar-refractivity contribution >= 4 is 33.5 Å². The van der Waals surface area contributed by atoms with Gasteiger partial charge in [0.25, 0.3) is 0 Å². The lowest BCUT2D eigenvalue weighted by atomic mass is 10.1. The van der Waals surface area contributed by atoms with E-state index in [1.807, 2.05) is 74.5 Å². The first-order valence-electron chi connectivity index (χ1n) is 15.4. The van der Waals surface area contributed by atoms with Crippen LogP contribution in [-0.4, -0.2) is 89.2 Å². The highest BCUT2D eigenvalue weighted by Gasteiger charge is 2.41. The molecule has 0 saturated carbocycles. The third kappa shape index (κ3) is 8.73. The van der Waals surface area contributed by atoms with Crippen molar-refractivity contribution in [3.05, 3.63) is 83.9 Å². The van der Waals surface area contributed by atoms with Crippen molar-refractivity contribution in [1.29, 1.82) is 0 Å². The van der Waals surface area contributed by atoms with Crippen LogP contribution < -0.4 is 9.47 Å². The molecular weight excluding hydrogens is 592 g/mol. The highest BCUT2D eigenvalue weighted by Crippen LogP contribution is 2.28. The molecule has 10 heteroatoms. The van der Waals surface area contributed by atoms with Gasteiger partial charge in [-0.3, -0.25) is 0 Å². The summed E-state index contributed by atoms with van der Waals surface area (Å²) < 4.78 is 44.1. The van der Waals surface area contributed by atoms with Crippen molar-refractivity contribution in [2.24, 2.45) is 0 Å². The summed E-state index contributed by atoms with van der Waals surface area (Å²) in [5.41, 5.74) is 0.352. The van der Waals surface area contributed by atoms with Crippen molar-refractivity contribution < 1.29 is 47.5 Å². The molecule has 2 saturated heterocycles. The van der Waals surface area contributed by atoms with E-state index < -0.39 is 0 Å². The van der Waals surface area contributed by atoms with Gasteiger partial charge in [-0.15, -0.1) is 0 Å². The zero-order valence-corrected chi connectivity index (χ0v) is 26.1. The van der Waals surface area contributed by atoms with Gasteiger partial charge in [-0.25, -0.2) is 9.59 Å². The largest absolute Gasteiger partial charge is 0.491 e. The summed E-state index contributed by atoms with van der Waals surface area (Å²) in [7, 11) is 0. The van der Waals surface area contributed by atoms with E-state index in [0.717, 1.165) is 33.0 Å². The molecule has 6 rings (SSSR count). The van der Waals surface area contributed by atoms with Crippen LogP contribution in [0, 0.1) is 0 Å². The molecule has 4 aromatic carbocycles. The molecule has 2 heterocycles. The van der Waals surface area contributed by atoms with Crippen LogP contribution >= 0.6 is 0 Å². The average molecular weight is 631 g/mol. The molecular formula is C36H38O10. The molecule has 0 N–H and O–H groups in total. The maximum absolute atomic E-state index is 12.3. The fourth-order valence-electron chi connectivity index (χ4n) is 4.66. The molecule has 0 spiro atoms. The van der Waals surface area contributed by atoms with Crippen LogP contribution in [0.4, 0.5) is 0 Å². The summed E-state index contributed by atoms with van der Waals surface area (Å²) >= 11 is 0. The molecule has 46 heavy (non-hydrogen) atoms. The van der Waals surface area contributed by atoms with Crippen molar-refractivity contribution in [2.75, 3.05) is 66.1 Å². The summed E-state index contributed by atoms with van der Waals surface area (Å²) in [6.07, 6.45) is 0. The van der Waals surface area contributed by atoms with Crippen molar-refractivity contribution in [3.63, 3.8) is 0 Å². The Morgan fingerprint density at radius 3 is 1.35 bits per heavy atom. The maximum Gasteiger partial charge on any atom is 0.338 e. The van der Waals surface area contributed by atoms with Gasteiger partial charge < -0.3 is 37.9 Å². The van der Waals surface area contributed by atoms with E-state index >= 15 is 0 Å². The van der Waals surface area contributed by atoms with Crippen LogP contribution in [0.5, 0.6) is 11.5 Å². The SMILES string of the molecule is CC1(COC(=O)c2ccc3cc(OCCOCCOCCOc4ccc5cc(C(=O)OCC6(C)CO6)ccc5c4)ccc3c2)CO1. The molecule has 2 atom stereocenters. The van der Waals surface area contributed by atoms with E-state index in [1.54, 1.807) is 12.1 Å². The number of carbonyl (C=O) groups is 2. The van der Waals surface area contributed by atoms with Crippen LogP contribution in [0.2, 0.25) is 0 Å². The van der Waals surface area contributed by atoms with Crippen LogP contribution in [0.25, 0.3) is 21.5 Å². The number of ether oxygens (including phenoxy) is 8.